The molecule has 4 rings (SSSR count). The summed E-state index contributed by atoms with van der Waals surface area (Å²) >= 11 is 0. The van der Waals surface area contributed by atoms with Crippen molar-refractivity contribution in [3.8, 4) is 0 Å². The molecule has 0 aromatic heterocycles. The van der Waals surface area contributed by atoms with E-state index in [0.29, 0.717) is 42.3 Å². The molecule has 4 saturated heterocycles. The Morgan fingerprint density at radius 3 is 2.31 bits per heavy atom. The number of hydrogen-bond acceptors (Lipinski definition) is 5. The highest BCUT2D eigenvalue weighted by Gasteiger charge is 2.49. The molecular formula is C23H41N3O3. The molecule has 4 fully saturated rings. The van der Waals surface area contributed by atoms with Crippen molar-refractivity contribution in [1.82, 2.24) is 14.7 Å². The van der Waals surface area contributed by atoms with Crippen LogP contribution in [0, 0.1) is 11.3 Å². The highest BCUT2D eigenvalue weighted by Crippen LogP contribution is 2.46. The fourth-order valence-electron chi connectivity index (χ4n) is 6.65. The Hall–Kier alpha value is -0.850. The average molecular weight is 408 g/mol. The van der Waals surface area contributed by atoms with Gasteiger partial charge in [0.15, 0.2) is 0 Å². The SMILES string of the molecule is CCOC(=O)N1C2CCC1CC(N1CCC3(CC1)CC(OC)N(CC(C)C)C3)C2. The smallest absolute Gasteiger partial charge is 0.410 e. The van der Waals surface area contributed by atoms with Crippen molar-refractivity contribution < 1.29 is 14.3 Å². The molecule has 3 atom stereocenters. The Kier molecular flexibility index (Phi) is 6.43. The average Bonchev–Trinajstić information content (AvgIpc) is 3.15. The summed E-state index contributed by atoms with van der Waals surface area (Å²) in [4.78, 5) is 19.7. The van der Waals surface area contributed by atoms with Crippen LogP contribution in [0.2, 0.25) is 0 Å². The van der Waals surface area contributed by atoms with Crippen molar-refractivity contribution in [1.29, 1.82) is 0 Å². The number of rotatable bonds is 5. The standard InChI is InChI=1S/C23H41N3O3/c1-5-29-22(27)26-18-6-7-19(26)13-20(12-18)24-10-8-23(9-11-24)14-21(28-4)25(16-23)15-17(2)3/h17-21H,5-16H2,1-4H3. The Bertz CT molecular complexity index is 562. The molecule has 0 aliphatic carbocycles. The molecule has 6 heteroatoms. The second kappa shape index (κ2) is 8.72. The number of fused-ring (bicyclic) bond motifs is 2. The molecule has 3 unspecified atom stereocenters. The maximum absolute atomic E-state index is 12.4. The minimum absolute atomic E-state index is 0.0853. The van der Waals surface area contributed by atoms with Crippen LogP contribution in [0.15, 0.2) is 0 Å². The number of hydrogen-bond donors (Lipinski definition) is 0. The minimum atomic E-state index is -0.0853. The molecule has 0 aromatic carbocycles. The largest absolute Gasteiger partial charge is 0.450 e. The van der Waals surface area contributed by atoms with Crippen molar-refractivity contribution in [3.63, 3.8) is 0 Å². The lowest BCUT2D eigenvalue weighted by molar-refractivity contribution is -0.0102. The Morgan fingerprint density at radius 1 is 1.10 bits per heavy atom. The summed E-state index contributed by atoms with van der Waals surface area (Å²) in [5.41, 5.74) is 0.441. The van der Waals surface area contributed by atoms with Gasteiger partial charge in [0.05, 0.1) is 6.61 Å². The van der Waals surface area contributed by atoms with Crippen LogP contribution in [0.1, 0.15) is 65.7 Å². The summed E-state index contributed by atoms with van der Waals surface area (Å²) in [6.45, 7) is 11.7. The molecule has 1 amide bonds. The maximum Gasteiger partial charge on any atom is 0.410 e. The van der Waals surface area contributed by atoms with E-state index < -0.39 is 0 Å². The summed E-state index contributed by atoms with van der Waals surface area (Å²) < 4.78 is 11.2. The van der Waals surface area contributed by atoms with Crippen LogP contribution < -0.4 is 0 Å². The minimum Gasteiger partial charge on any atom is -0.450 e. The summed E-state index contributed by atoms with van der Waals surface area (Å²) in [6.07, 6.45) is 8.53. The summed E-state index contributed by atoms with van der Waals surface area (Å²) in [6, 6.07) is 1.42. The van der Waals surface area contributed by atoms with Gasteiger partial charge in [-0.2, -0.15) is 0 Å². The number of carbonyl (C=O) groups is 1. The Morgan fingerprint density at radius 2 is 1.76 bits per heavy atom. The molecular weight excluding hydrogens is 366 g/mol. The molecule has 0 aromatic rings. The van der Waals surface area contributed by atoms with E-state index >= 15 is 0 Å². The number of piperidine rings is 2. The lowest BCUT2D eigenvalue weighted by Gasteiger charge is -2.47. The van der Waals surface area contributed by atoms with E-state index in [9.17, 15) is 4.79 Å². The van der Waals surface area contributed by atoms with Crippen LogP contribution in [0.25, 0.3) is 0 Å². The van der Waals surface area contributed by atoms with Crippen molar-refractivity contribution in [2.75, 3.05) is 39.9 Å². The molecule has 29 heavy (non-hydrogen) atoms. The number of carbonyl (C=O) groups excluding carboxylic acids is 1. The predicted molar refractivity (Wildman–Crippen MR) is 114 cm³/mol. The van der Waals surface area contributed by atoms with Crippen LogP contribution in [0.5, 0.6) is 0 Å². The second-order valence-corrected chi connectivity index (χ2v) is 10.4. The Labute approximate surface area is 176 Å². The molecule has 166 valence electrons. The van der Waals surface area contributed by atoms with Crippen LogP contribution in [-0.2, 0) is 9.47 Å². The second-order valence-electron chi connectivity index (χ2n) is 10.4. The van der Waals surface area contributed by atoms with Crippen LogP contribution in [0.3, 0.4) is 0 Å². The molecule has 1 spiro atoms. The highest BCUT2D eigenvalue weighted by atomic mass is 16.6. The van der Waals surface area contributed by atoms with Gasteiger partial charge in [0.25, 0.3) is 0 Å². The van der Waals surface area contributed by atoms with Crippen LogP contribution in [0.4, 0.5) is 4.79 Å². The van der Waals surface area contributed by atoms with Gasteiger partial charge in [-0.05, 0) is 76.3 Å². The highest BCUT2D eigenvalue weighted by molar-refractivity contribution is 5.69. The number of methoxy groups -OCH3 is 1. The van der Waals surface area contributed by atoms with E-state index in [0.717, 1.165) is 32.2 Å². The normalized spacial score (nSPS) is 35.0. The quantitative estimate of drug-likeness (QED) is 0.697. The van der Waals surface area contributed by atoms with E-state index in [2.05, 4.69) is 28.5 Å². The Balaban J connectivity index is 1.32. The summed E-state index contributed by atoms with van der Waals surface area (Å²) in [5, 5.41) is 0. The zero-order valence-corrected chi connectivity index (χ0v) is 18.9. The number of ether oxygens (including phenoxy) is 2. The zero-order chi connectivity index (χ0) is 20.6. The van der Waals surface area contributed by atoms with Crippen molar-refractivity contribution in [3.05, 3.63) is 0 Å². The third kappa shape index (κ3) is 4.31. The summed E-state index contributed by atoms with van der Waals surface area (Å²) in [7, 11) is 1.87. The van der Waals surface area contributed by atoms with Crippen molar-refractivity contribution in [2.45, 2.75) is 90.1 Å². The van der Waals surface area contributed by atoms with E-state index in [1.165, 1.54) is 38.9 Å². The van der Waals surface area contributed by atoms with Gasteiger partial charge in [0, 0.05) is 38.3 Å². The van der Waals surface area contributed by atoms with E-state index in [-0.39, 0.29) is 6.09 Å². The first-order valence-electron chi connectivity index (χ1n) is 11.9. The van der Waals surface area contributed by atoms with Gasteiger partial charge in [-0.1, -0.05) is 13.8 Å². The monoisotopic (exact) mass is 407 g/mol. The predicted octanol–water partition coefficient (Wildman–Crippen LogP) is 3.55. The first-order chi connectivity index (χ1) is 13.9. The van der Waals surface area contributed by atoms with Gasteiger partial charge in [0.1, 0.15) is 6.23 Å². The third-order valence-corrected chi connectivity index (χ3v) is 7.99. The van der Waals surface area contributed by atoms with E-state index in [1.54, 1.807) is 0 Å². The fraction of sp³-hybridized carbons (Fsp3) is 0.957. The van der Waals surface area contributed by atoms with Gasteiger partial charge in [-0.25, -0.2) is 4.79 Å². The van der Waals surface area contributed by atoms with Gasteiger partial charge in [0.2, 0.25) is 0 Å². The topological polar surface area (TPSA) is 45.3 Å². The van der Waals surface area contributed by atoms with E-state index in [1.807, 2.05) is 14.0 Å². The van der Waals surface area contributed by atoms with E-state index in [4.69, 9.17) is 9.47 Å². The molecule has 4 aliphatic rings. The first-order valence-corrected chi connectivity index (χ1v) is 11.9. The van der Waals surface area contributed by atoms with Gasteiger partial charge in [-0.15, -0.1) is 0 Å². The van der Waals surface area contributed by atoms with Crippen molar-refractivity contribution >= 4 is 6.09 Å². The third-order valence-electron chi connectivity index (χ3n) is 7.99. The first kappa shape index (κ1) is 21.4. The molecule has 2 bridgehead atoms. The maximum atomic E-state index is 12.4. The molecule has 4 aliphatic heterocycles. The molecule has 0 N–H and O–H groups in total. The molecule has 0 saturated carbocycles. The molecule has 6 nitrogen and oxygen atoms in total. The number of amides is 1. The lowest BCUT2D eigenvalue weighted by atomic mass is 9.76. The summed E-state index contributed by atoms with van der Waals surface area (Å²) in [5.74, 6) is 0.683. The molecule has 0 radical (unpaired) electrons. The van der Waals surface area contributed by atoms with Crippen molar-refractivity contribution in [2.24, 2.45) is 11.3 Å². The molecule has 4 heterocycles. The van der Waals surface area contributed by atoms with Crippen LogP contribution in [-0.4, -0.2) is 85.0 Å². The van der Waals surface area contributed by atoms with Gasteiger partial charge < -0.3 is 19.3 Å². The number of likely N-dealkylation sites (tertiary alicyclic amines) is 2. The fourth-order valence-corrected chi connectivity index (χ4v) is 6.65. The van der Waals surface area contributed by atoms with Crippen LogP contribution >= 0.6 is 0 Å². The number of nitrogens with zero attached hydrogens (tertiary/aromatic N) is 3. The van der Waals surface area contributed by atoms with Gasteiger partial charge >= 0.3 is 6.09 Å². The lowest BCUT2D eigenvalue weighted by Crippen LogP contribution is -2.55. The van der Waals surface area contributed by atoms with Gasteiger partial charge in [-0.3, -0.25) is 4.90 Å². The zero-order valence-electron chi connectivity index (χ0n) is 18.9.